The third-order valence-corrected chi connectivity index (χ3v) is 5.83. The zero-order valence-electron chi connectivity index (χ0n) is 18.0. The average molecular weight is 431 g/mol. The Bertz CT molecular complexity index is 826. The first-order valence-electron chi connectivity index (χ1n) is 10.4. The van der Waals surface area contributed by atoms with Crippen LogP contribution in [0.25, 0.3) is 0 Å². The molecule has 0 bridgehead atoms. The topological polar surface area (TPSA) is 49.4 Å². The lowest BCUT2D eigenvalue weighted by atomic mass is 10.1. The number of thioether (sulfide) groups is 1. The Kier molecular flexibility index (Phi) is 9.87. The normalized spacial score (nSPS) is 11.7. The van der Waals surface area contributed by atoms with Gasteiger partial charge in [-0.05, 0) is 43.5 Å². The van der Waals surface area contributed by atoms with Gasteiger partial charge in [-0.2, -0.15) is 0 Å². The monoisotopic (exact) mass is 430 g/mol. The van der Waals surface area contributed by atoms with Crippen molar-refractivity contribution in [3.8, 4) is 0 Å². The van der Waals surface area contributed by atoms with E-state index in [-0.39, 0.29) is 23.4 Å². The van der Waals surface area contributed by atoms with E-state index in [1.165, 1.54) is 23.9 Å². The van der Waals surface area contributed by atoms with E-state index in [0.29, 0.717) is 18.8 Å². The Morgan fingerprint density at radius 3 is 2.53 bits per heavy atom. The minimum absolute atomic E-state index is 0.0817. The van der Waals surface area contributed by atoms with Gasteiger partial charge in [-0.15, -0.1) is 11.8 Å². The Morgan fingerprint density at radius 1 is 1.13 bits per heavy atom. The van der Waals surface area contributed by atoms with Crippen molar-refractivity contribution in [2.45, 2.75) is 52.0 Å². The summed E-state index contributed by atoms with van der Waals surface area (Å²) in [6.07, 6.45) is 1.92. The van der Waals surface area contributed by atoms with E-state index < -0.39 is 6.04 Å². The first kappa shape index (κ1) is 23.9. The van der Waals surface area contributed by atoms with Crippen molar-refractivity contribution in [2.24, 2.45) is 0 Å². The van der Waals surface area contributed by atoms with Gasteiger partial charge in [0.1, 0.15) is 11.9 Å². The third-order valence-electron chi connectivity index (χ3n) is 4.84. The lowest BCUT2D eigenvalue weighted by molar-refractivity contribution is -0.138. The van der Waals surface area contributed by atoms with E-state index >= 15 is 0 Å². The van der Waals surface area contributed by atoms with Gasteiger partial charge in [0.15, 0.2) is 0 Å². The molecule has 4 nitrogen and oxygen atoms in total. The molecular formula is C24H31FN2O2S. The predicted molar refractivity (Wildman–Crippen MR) is 122 cm³/mol. The summed E-state index contributed by atoms with van der Waals surface area (Å²) in [6.45, 7) is 6.86. The average Bonchev–Trinajstić information content (AvgIpc) is 2.73. The number of carbonyl (C=O) groups is 2. The molecular weight excluding hydrogens is 399 g/mol. The Balaban J connectivity index is 2.03. The van der Waals surface area contributed by atoms with E-state index in [0.717, 1.165) is 29.5 Å². The molecule has 1 atom stereocenters. The molecule has 0 heterocycles. The largest absolute Gasteiger partial charge is 0.354 e. The van der Waals surface area contributed by atoms with Crippen LogP contribution in [0.4, 0.5) is 4.39 Å². The second kappa shape index (κ2) is 12.4. The number of nitrogens with zero attached hydrogens (tertiary/aromatic N) is 1. The first-order chi connectivity index (χ1) is 14.4. The fourth-order valence-corrected chi connectivity index (χ4v) is 3.92. The molecule has 2 rings (SSSR count). The highest BCUT2D eigenvalue weighted by atomic mass is 32.2. The summed E-state index contributed by atoms with van der Waals surface area (Å²) in [7, 11) is 0. The SMILES string of the molecule is CCCCNC(=O)[C@H](C)N(Cc1cccc(C)c1)C(=O)CSCc1ccc(F)cc1. The van der Waals surface area contributed by atoms with Crippen LogP contribution in [0.1, 0.15) is 43.4 Å². The summed E-state index contributed by atoms with van der Waals surface area (Å²) in [5.41, 5.74) is 3.08. The van der Waals surface area contributed by atoms with Crippen molar-refractivity contribution >= 4 is 23.6 Å². The number of carbonyl (C=O) groups excluding carboxylic acids is 2. The van der Waals surface area contributed by atoms with Crippen LogP contribution in [-0.2, 0) is 21.9 Å². The minimum Gasteiger partial charge on any atom is -0.354 e. The first-order valence-corrected chi connectivity index (χ1v) is 11.5. The second-order valence-electron chi connectivity index (χ2n) is 7.45. The Morgan fingerprint density at radius 2 is 1.87 bits per heavy atom. The fraction of sp³-hybridized carbons (Fsp3) is 0.417. The molecule has 0 radical (unpaired) electrons. The highest BCUT2D eigenvalue weighted by molar-refractivity contribution is 7.99. The van der Waals surface area contributed by atoms with Crippen LogP contribution < -0.4 is 5.32 Å². The zero-order valence-corrected chi connectivity index (χ0v) is 18.8. The molecule has 0 saturated carbocycles. The van der Waals surface area contributed by atoms with Crippen molar-refractivity contribution in [3.63, 3.8) is 0 Å². The van der Waals surface area contributed by atoms with Crippen LogP contribution in [-0.4, -0.2) is 35.1 Å². The standard InChI is InChI=1S/C24H31FN2O2S/c1-4-5-13-26-24(29)19(3)27(15-21-8-6-7-18(2)14-21)23(28)17-30-16-20-9-11-22(25)12-10-20/h6-12,14,19H,4-5,13,15-17H2,1-3H3,(H,26,29)/t19-/m0/s1. The molecule has 0 unspecified atom stereocenters. The van der Waals surface area contributed by atoms with Crippen LogP contribution in [0.2, 0.25) is 0 Å². The van der Waals surface area contributed by atoms with Gasteiger partial charge < -0.3 is 10.2 Å². The molecule has 6 heteroatoms. The summed E-state index contributed by atoms with van der Waals surface area (Å²) < 4.78 is 13.0. The quantitative estimate of drug-likeness (QED) is 0.526. The number of hydrogen-bond acceptors (Lipinski definition) is 3. The van der Waals surface area contributed by atoms with E-state index in [4.69, 9.17) is 0 Å². The fourth-order valence-electron chi connectivity index (χ4n) is 3.05. The Labute approximate surface area is 183 Å². The summed E-state index contributed by atoms with van der Waals surface area (Å²) in [4.78, 5) is 27.3. The number of nitrogens with one attached hydrogen (secondary N) is 1. The molecule has 2 aromatic carbocycles. The highest BCUT2D eigenvalue weighted by Crippen LogP contribution is 2.17. The molecule has 30 heavy (non-hydrogen) atoms. The van der Waals surface area contributed by atoms with Crippen LogP contribution in [0, 0.1) is 12.7 Å². The number of amides is 2. The summed E-state index contributed by atoms with van der Waals surface area (Å²) in [5.74, 6) is 0.388. The molecule has 0 aliphatic carbocycles. The zero-order chi connectivity index (χ0) is 21.9. The number of rotatable bonds is 11. The molecule has 0 fully saturated rings. The number of halogens is 1. The van der Waals surface area contributed by atoms with E-state index in [9.17, 15) is 14.0 Å². The lowest BCUT2D eigenvalue weighted by Crippen LogP contribution is -2.48. The van der Waals surface area contributed by atoms with Crippen molar-refractivity contribution in [1.82, 2.24) is 10.2 Å². The van der Waals surface area contributed by atoms with Crippen LogP contribution in [0.15, 0.2) is 48.5 Å². The third kappa shape index (κ3) is 7.82. The molecule has 0 spiro atoms. The maximum atomic E-state index is 13.0. The summed E-state index contributed by atoms with van der Waals surface area (Å²) in [5, 5.41) is 2.93. The molecule has 0 saturated heterocycles. The maximum absolute atomic E-state index is 13.0. The van der Waals surface area contributed by atoms with Crippen molar-refractivity contribution in [2.75, 3.05) is 12.3 Å². The molecule has 2 amide bonds. The molecule has 1 N–H and O–H groups in total. The van der Waals surface area contributed by atoms with E-state index in [1.807, 2.05) is 31.2 Å². The van der Waals surface area contributed by atoms with Crippen molar-refractivity contribution < 1.29 is 14.0 Å². The van der Waals surface area contributed by atoms with Crippen molar-refractivity contribution in [3.05, 3.63) is 71.0 Å². The van der Waals surface area contributed by atoms with Gasteiger partial charge >= 0.3 is 0 Å². The number of aryl methyl sites for hydroxylation is 1. The van der Waals surface area contributed by atoms with Crippen LogP contribution in [0.3, 0.4) is 0 Å². The lowest BCUT2D eigenvalue weighted by Gasteiger charge is -2.29. The highest BCUT2D eigenvalue weighted by Gasteiger charge is 2.25. The number of unbranched alkanes of at least 4 members (excludes halogenated alkanes) is 1. The minimum atomic E-state index is -0.554. The van der Waals surface area contributed by atoms with Gasteiger partial charge in [0.2, 0.25) is 11.8 Å². The predicted octanol–water partition coefficient (Wildman–Crippen LogP) is 4.70. The van der Waals surface area contributed by atoms with Gasteiger partial charge in [0.25, 0.3) is 0 Å². The van der Waals surface area contributed by atoms with Crippen molar-refractivity contribution in [1.29, 1.82) is 0 Å². The van der Waals surface area contributed by atoms with Gasteiger partial charge in [-0.1, -0.05) is 55.3 Å². The molecule has 0 aromatic heterocycles. The molecule has 2 aromatic rings. The van der Waals surface area contributed by atoms with Gasteiger partial charge in [0, 0.05) is 18.8 Å². The molecule has 0 aliphatic heterocycles. The number of benzene rings is 2. The second-order valence-corrected chi connectivity index (χ2v) is 8.44. The van der Waals surface area contributed by atoms with Gasteiger partial charge in [-0.3, -0.25) is 9.59 Å². The van der Waals surface area contributed by atoms with E-state index in [1.54, 1.807) is 24.0 Å². The molecule has 0 aliphatic rings. The van der Waals surface area contributed by atoms with E-state index in [2.05, 4.69) is 12.2 Å². The maximum Gasteiger partial charge on any atom is 0.242 e. The smallest absolute Gasteiger partial charge is 0.242 e. The number of hydrogen-bond donors (Lipinski definition) is 1. The van der Waals surface area contributed by atoms with Gasteiger partial charge in [-0.25, -0.2) is 4.39 Å². The summed E-state index contributed by atoms with van der Waals surface area (Å²) >= 11 is 1.47. The molecule has 162 valence electrons. The van der Waals surface area contributed by atoms with Crippen LogP contribution in [0.5, 0.6) is 0 Å². The summed E-state index contributed by atoms with van der Waals surface area (Å²) in [6, 6.07) is 13.7. The Hall–Kier alpha value is -2.34. The van der Waals surface area contributed by atoms with Crippen LogP contribution >= 0.6 is 11.8 Å². The van der Waals surface area contributed by atoms with Gasteiger partial charge in [0.05, 0.1) is 5.75 Å².